The normalized spacial score (nSPS) is 22.1. The van der Waals surface area contributed by atoms with E-state index in [1.54, 1.807) is 6.07 Å². The summed E-state index contributed by atoms with van der Waals surface area (Å²) in [6.45, 7) is -0.535. The summed E-state index contributed by atoms with van der Waals surface area (Å²) in [5.41, 5.74) is -0.224. The second kappa shape index (κ2) is 9.16. The third-order valence-corrected chi connectivity index (χ3v) is 6.77. The average Bonchev–Trinajstić information content (AvgIpc) is 2.64. The van der Waals surface area contributed by atoms with Gasteiger partial charge in [-0.15, -0.1) is 11.8 Å². The van der Waals surface area contributed by atoms with E-state index in [4.69, 9.17) is 0 Å². The van der Waals surface area contributed by atoms with Crippen LogP contribution in [0.15, 0.2) is 41.6 Å². The van der Waals surface area contributed by atoms with Crippen molar-refractivity contribution in [3.8, 4) is 0 Å². The van der Waals surface area contributed by atoms with Crippen LogP contribution in [0.2, 0.25) is 0 Å². The predicted octanol–water partition coefficient (Wildman–Crippen LogP) is -3.99. The molecule has 1 fully saturated rings. The largest absolute Gasteiger partial charge is 1.00 e. The number of carbonyl (C=O) groups excluding carboxylic acids is 2. The summed E-state index contributed by atoms with van der Waals surface area (Å²) in [6, 6.07) is 5.95. The molecule has 0 unspecified atom stereocenters. The van der Waals surface area contributed by atoms with Gasteiger partial charge in [0.2, 0.25) is 5.91 Å². The van der Waals surface area contributed by atoms with E-state index < -0.39 is 51.2 Å². The van der Waals surface area contributed by atoms with Gasteiger partial charge >= 0.3 is 35.5 Å². The van der Waals surface area contributed by atoms with Gasteiger partial charge in [-0.3, -0.25) is 14.5 Å². The molecule has 3 N–H and O–H groups in total. The van der Waals surface area contributed by atoms with Gasteiger partial charge in [0.15, 0.2) is 5.25 Å². The summed E-state index contributed by atoms with van der Waals surface area (Å²) in [6.07, 6.45) is 0. The van der Waals surface area contributed by atoms with Crippen molar-refractivity contribution in [1.82, 2.24) is 10.2 Å². The number of fused-ring (bicyclic) bond motifs is 1. The molecule has 0 aromatic heterocycles. The van der Waals surface area contributed by atoms with E-state index in [2.05, 4.69) is 5.32 Å². The maximum absolute atomic E-state index is 12.5. The van der Waals surface area contributed by atoms with Crippen LogP contribution in [0.25, 0.3) is 0 Å². The molecular weight excluding hydrogens is 435 g/mol. The van der Waals surface area contributed by atoms with E-state index in [-0.39, 0.29) is 52.1 Å². The third kappa shape index (κ3) is 4.53. The van der Waals surface area contributed by atoms with Crippen molar-refractivity contribution in [2.24, 2.45) is 0 Å². The van der Waals surface area contributed by atoms with Gasteiger partial charge in [-0.05, 0) is 11.1 Å². The molecule has 29 heavy (non-hydrogen) atoms. The van der Waals surface area contributed by atoms with Crippen molar-refractivity contribution >= 4 is 39.7 Å². The van der Waals surface area contributed by atoms with E-state index in [1.165, 1.54) is 24.3 Å². The molecule has 1 aromatic rings. The molecule has 2 aliphatic heterocycles. The monoisotopic (exact) mass is 450 g/mol. The van der Waals surface area contributed by atoms with Crippen molar-refractivity contribution in [3.05, 3.63) is 47.2 Å². The van der Waals surface area contributed by atoms with Crippen LogP contribution in [-0.4, -0.2) is 69.6 Å². The number of carboxylic acid groups (broad SMARTS) is 1. The molecule has 13 heteroatoms. The minimum absolute atomic E-state index is 0. The van der Waals surface area contributed by atoms with Crippen molar-refractivity contribution in [3.63, 3.8) is 0 Å². The fourth-order valence-electron chi connectivity index (χ4n) is 3.11. The van der Waals surface area contributed by atoms with Gasteiger partial charge in [0, 0.05) is 5.75 Å². The molecule has 0 bridgehead atoms. The Kier molecular flexibility index (Phi) is 7.54. The summed E-state index contributed by atoms with van der Waals surface area (Å²) in [4.78, 5) is 37.3. The summed E-state index contributed by atoms with van der Waals surface area (Å²) in [5, 5.41) is 18.0. The first kappa shape index (κ1) is 23.9. The Morgan fingerprint density at radius 2 is 1.93 bits per heavy atom. The molecule has 0 spiro atoms. The number of rotatable bonds is 6. The number of carbonyl (C=O) groups is 3. The van der Waals surface area contributed by atoms with E-state index in [0.29, 0.717) is 0 Å². The first-order valence-corrected chi connectivity index (χ1v) is 10.5. The Hall–Kier alpha value is -1.41. The Morgan fingerprint density at radius 3 is 2.45 bits per heavy atom. The van der Waals surface area contributed by atoms with Crippen LogP contribution in [0.3, 0.4) is 0 Å². The molecule has 10 nitrogen and oxygen atoms in total. The van der Waals surface area contributed by atoms with Crippen molar-refractivity contribution in [2.45, 2.75) is 16.7 Å². The van der Waals surface area contributed by atoms with Crippen LogP contribution in [-0.2, 0) is 24.5 Å². The van der Waals surface area contributed by atoms with Crippen molar-refractivity contribution in [2.75, 3.05) is 12.4 Å². The quantitative estimate of drug-likeness (QED) is 0.223. The molecular formula is C16H15N2NaO8S2. The molecule has 0 saturated carbocycles. The van der Waals surface area contributed by atoms with Gasteiger partial charge in [-0.1, -0.05) is 30.3 Å². The Bertz CT molecular complexity index is 966. The minimum atomic E-state index is -5.06. The maximum Gasteiger partial charge on any atom is 1.00 e. The van der Waals surface area contributed by atoms with Gasteiger partial charge in [0.25, 0.3) is 5.91 Å². The number of thioether (sulfide) groups is 1. The fraction of sp³-hybridized carbons (Fsp3) is 0.312. The second-order valence-electron chi connectivity index (χ2n) is 6.10. The maximum atomic E-state index is 12.5. The number of nitrogens with zero attached hydrogens (tertiary/aromatic N) is 1. The van der Waals surface area contributed by atoms with Gasteiger partial charge in [-0.2, -0.15) is 0 Å². The van der Waals surface area contributed by atoms with E-state index in [0.717, 1.165) is 16.7 Å². The number of nitrogens with one attached hydrogen (secondary N) is 1. The molecule has 2 amide bonds. The molecule has 3 atom stereocenters. The number of aliphatic hydroxyl groups is 1. The number of hydrogen-bond donors (Lipinski definition) is 3. The standard InChI is InChI=1S/C16H16N2O8S2.Na/c19-6-9-7-27-15-10(14(21)18(15)11(9)16(22)23)17-13(20)12(28(24,25)26)8-4-2-1-3-5-8;/h1-5,10,12,15,19H,6-7H2,(H,17,20)(H,22,23)(H,24,25,26);/q;+1/p-1/t10-,12-,15-;/m1./s1. The Morgan fingerprint density at radius 1 is 1.31 bits per heavy atom. The molecule has 1 saturated heterocycles. The first-order chi connectivity index (χ1) is 13.2. The summed E-state index contributed by atoms with van der Waals surface area (Å²) in [7, 11) is -5.06. The van der Waals surface area contributed by atoms with E-state index >= 15 is 0 Å². The van der Waals surface area contributed by atoms with Gasteiger partial charge in [0.05, 0.1) is 6.61 Å². The van der Waals surface area contributed by atoms with E-state index in [9.17, 15) is 37.6 Å². The zero-order valence-corrected chi connectivity index (χ0v) is 18.8. The zero-order valence-electron chi connectivity index (χ0n) is 15.1. The number of amides is 2. The topological polar surface area (TPSA) is 164 Å². The Balaban J connectivity index is 0.00000300. The first-order valence-electron chi connectivity index (χ1n) is 7.97. The van der Waals surface area contributed by atoms with Crippen LogP contribution in [0.4, 0.5) is 0 Å². The van der Waals surface area contributed by atoms with Crippen molar-refractivity contribution < 1.29 is 67.1 Å². The SMILES string of the molecule is O=C(O)C1=C(CO)CS[C@@H]2[C@H](NC(=O)[C@@H](c3ccccc3)S(=O)(=O)[O-])C(=O)N12.[Na+]. The summed E-state index contributed by atoms with van der Waals surface area (Å²) in [5.74, 6) is -3.18. The number of hydrogen-bond acceptors (Lipinski definition) is 8. The smallest absolute Gasteiger partial charge is 0.747 e. The number of aliphatic carboxylic acids is 1. The molecule has 0 aliphatic carbocycles. The summed E-state index contributed by atoms with van der Waals surface area (Å²) < 4.78 is 34.9. The molecule has 3 rings (SSSR count). The van der Waals surface area contributed by atoms with E-state index in [1.807, 2.05) is 0 Å². The molecule has 2 heterocycles. The summed E-state index contributed by atoms with van der Waals surface area (Å²) >= 11 is 1.12. The number of benzene rings is 1. The third-order valence-electron chi connectivity index (χ3n) is 4.37. The molecule has 150 valence electrons. The van der Waals surface area contributed by atoms with Crippen LogP contribution in [0, 0.1) is 0 Å². The zero-order chi connectivity index (χ0) is 20.6. The van der Waals surface area contributed by atoms with Crippen LogP contribution >= 0.6 is 11.8 Å². The van der Waals surface area contributed by atoms with Crippen LogP contribution in [0.5, 0.6) is 0 Å². The predicted molar refractivity (Wildman–Crippen MR) is 95.7 cm³/mol. The van der Waals surface area contributed by atoms with Crippen molar-refractivity contribution in [1.29, 1.82) is 0 Å². The molecule has 1 aromatic carbocycles. The number of carboxylic acids is 1. The number of aliphatic hydroxyl groups excluding tert-OH is 1. The van der Waals surface area contributed by atoms with Gasteiger partial charge in [0.1, 0.15) is 27.2 Å². The molecule has 2 aliphatic rings. The van der Waals surface area contributed by atoms with Crippen LogP contribution < -0.4 is 34.9 Å². The molecule has 0 radical (unpaired) electrons. The second-order valence-corrected chi connectivity index (χ2v) is 8.66. The Labute approximate surface area is 192 Å². The average molecular weight is 450 g/mol. The van der Waals surface area contributed by atoms with Gasteiger partial charge in [-0.25, -0.2) is 13.2 Å². The number of β-lactam (4-membered cyclic amide) rings is 1. The van der Waals surface area contributed by atoms with Gasteiger partial charge < -0.3 is 20.1 Å². The van der Waals surface area contributed by atoms with Crippen LogP contribution in [0.1, 0.15) is 10.8 Å². The minimum Gasteiger partial charge on any atom is -0.747 e. The fourth-order valence-corrected chi connectivity index (χ4v) is 5.27.